The Morgan fingerprint density at radius 2 is 1.67 bits per heavy atom. The highest BCUT2D eigenvalue weighted by Crippen LogP contribution is 2.25. The quantitative estimate of drug-likeness (QED) is 0.478. The summed E-state index contributed by atoms with van der Waals surface area (Å²) in [7, 11) is 0. The van der Waals surface area contributed by atoms with E-state index in [0.29, 0.717) is 6.61 Å². The molecule has 0 heterocycles. The number of ether oxygens (including phenoxy) is 1. The van der Waals surface area contributed by atoms with Crippen molar-refractivity contribution in [2.45, 2.75) is 6.61 Å². The minimum atomic E-state index is -1.06. The van der Waals surface area contributed by atoms with Crippen LogP contribution in [0, 0.1) is 0 Å². The zero-order valence-electron chi connectivity index (χ0n) is 14.6. The van der Waals surface area contributed by atoms with Gasteiger partial charge in [0.15, 0.2) is 0 Å². The van der Waals surface area contributed by atoms with E-state index in [2.05, 4.69) is 9.99 Å². The average Bonchev–Trinajstić information content (AvgIpc) is 2.71. The van der Waals surface area contributed by atoms with Crippen LogP contribution in [0.25, 0.3) is 11.1 Å². The minimum absolute atomic E-state index is 0.461. The predicted molar refractivity (Wildman–Crippen MR) is 104 cm³/mol. The summed E-state index contributed by atoms with van der Waals surface area (Å²) in [5, 5.41) is 12.2. The largest absolute Gasteiger partial charge is 0.489 e. The van der Waals surface area contributed by atoms with Crippen LogP contribution in [0.4, 0.5) is 0 Å². The topological polar surface area (TPSA) is 68.1 Å². The summed E-state index contributed by atoms with van der Waals surface area (Å²) >= 11 is 0. The number of oxime groups is 1. The molecular weight excluding hydrogens is 342 g/mol. The van der Waals surface area contributed by atoms with Crippen molar-refractivity contribution in [1.82, 2.24) is 0 Å². The van der Waals surface area contributed by atoms with E-state index < -0.39 is 12.6 Å². The Labute approximate surface area is 157 Å². The molecule has 136 valence electrons. The lowest BCUT2D eigenvalue weighted by Crippen LogP contribution is -2.03. The van der Waals surface area contributed by atoms with Crippen molar-refractivity contribution in [1.29, 1.82) is 0 Å². The number of hydrogen-bond donors (Lipinski definition) is 1. The van der Waals surface area contributed by atoms with Crippen molar-refractivity contribution in [3.8, 4) is 16.9 Å². The Morgan fingerprint density at radius 1 is 0.926 bits per heavy atom. The molecular formula is C22H19NO4. The van der Waals surface area contributed by atoms with Crippen molar-refractivity contribution in [3.05, 3.63) is 90.0 Å². The van der Waals surface area contributed by atoms with E-state index in [1.165, 1.54) is 6.21 Å². The fraction of sp³-hybridized carbons (Fsp3) is 0.0909. The second-order valence-electron chi connectivity index (χ2n) is 5.83. The number of nitrogens with zero attached hydrogens (tertiary/aromatic N) is 1. The first-order chi connectivity index (χ1) is 13.2. The van der Waals surface area contributed by atoms with Crippen LogP contribution in [0.15, 0.2) is 84.0 Å². The molecule has 0 saturated heterocycles. The van der Waals surface area contributed by atoms with Crippen molar-refractivity contribution < 1.29 is 19.5 Å². The van der Waals surface area contributed by atoms with E-state index in [1.54, 1.807) is 0 Å². The van der Waals surface area contributed by atoms with Crippen molar-refractivity contribution in [2.75, 3.05) is 6.61 Å². The number of rotatable bonds is 8. The fourth-order valence-electron chi connectivity index (χ4n) is 2.50. The SMILES string of the molecule is O=C(O)CO/N=C\c1cccc(-c2cccc(OCc3ccccc3)c2)c1. The van der Waals surface area contributed by atoms with Crippen molar-refractivity contribution in [2.24, 2.45) is 5.16 Å². The second-order valence-corrected chi connectivity index (χ2v) is 5.83. The van der Waals surface area contributed by atoms with Gasteiger partial charge in [-0.3, -0.25) is 0 Å². The zero-order chi connectivity index (χ0) is 18.9. The van der Waals surface area contributed by atoms with Gasteiger partial charge >= 0.3 is 5.97 Å². The lowest BCUT2D eigenvalue weighted by Gasteiger charge is -2.09. The van der Waals surface area contributed by atoms with Gasteiger partial charge in [-0.25, -0.2) is 4.79 Å². The van der Waals surface area contributed by atoms with E-state index in [0.717, 1.165) is 28.0 Å². The van der Waals surface area contributed by atoms with Crippen LogP contribution >= 0.6 is 0 Å². The van der Waals surface area contributed by atoms with Gasteiger partial charge in [0.1, 0.15) is 12.4 Å². The first-order valence-corrected chi connectivity index (χ1v) is 8.45. The molecule has 27 heavy (non-hydrogen) atoms. The van der Waals surface area contributed by atoms with Crippen LogP contribution in [0.1, 0.15) is 11.1 Å². The van der Waals surface area contributed by atoms with E-state index in [4.69, 9.17) is 9.84 Å². The van der Waals surface area contributed by atoms with Gasteiger partial charge in [-0.2, -0.15) is 0 Å². The maximum Gasteiger partial charge on any atom is 0.344 e. The van der Waals surface area contributed by atoms with Gasteiger partial charge in [0, 0.05) is 0 Å². The Balaban J connectivity index is 1.69. The van der Waals surface area contributed by atoms with E-state index in [9.17, 15) is 4.79 Å². The molecule has 5 heteroatoms. The molecule has 0 saturated carbocycles. The van der Waals surface area contributed by atoms with E-state index in [-0.39, 0.29) is 0 Å². The molecule has 1 N–H and O–H groups in total. The van der Waals surface area contributed by atoms with Crippen LogP contribution < -0.4 is 4.74 Å². The Bertz CT molecular complexity index is 922. The van der Waals surface area contributed by atoms with Gasteiger partial charge < -0.3 is 14.7 Å². The molecule has 5 nitrogen and oxygen atoms in total. The summed E-state index contributed by atoms with van der Waals surface area (Å²) < 4.78 is 5.88. The van der Waals surface area contributed by atoms with Crippen LogP contribution in [0.5, 0.6) is 5.75 Å². The molecule has 0 spiro atoms. The highest BCUT2D eigenvalue weighted by Gasteiger charge is 2.02. The summed E-state index contributed by atoms with van der Waals surface area (Å²) in [6.07, 6.45) is 1.49. The first-order valence-electron chi connectivity index (χ1n) is 8.45. The normalized spacial score (nSPS) is 10.7. The summed E-state index contributed by atoms with van der Waals surface area (Å²) in [6, 6.07) is 25.6. The molecule has 0 unspecified atom stereocenters. The molecule has 0 atom stereocenters. The van der Waals surface area contributed by atoms with Crippen LogP contribution in [0.2, 0.25) is 0 Å². The van der Waals surface area contributed by atoms with Gasteiger partial charge in [0.05, 0.1) is 6.21 Å². The molecule has 0 fully saturated rings. The number of carbonyl (C=O) groups is 1. The van der Waals surface area contributed by atoms with Crippen molar-refractivity contribution >= 4 is 12.2 Å². The molecule has 0 bridgehead atoms. The van der Waals surface area contributed by atoms with Crippen LogP contribution in [0.3, 0.4) is 0 Å². The summed E-state index contributed by atoms with van der Waals surface area (Å²) in [6.45, 7) is 0.0505. The number of carboxylic acids is 1. The lowest BCUT2D eigenvalue weighted by atomic mass is 10.0. The van der Waals surface area contributed by atoms with Gasteiger partial charge in [-0.15, -0.1) is 0 Å². The van der Waals surface area contributed by atoms with E-state index >= 15 is 0 Å². The van der Waals surface area contributed by atoms with Crippen molar-refractivity contribution in [3.63, 3.8) is 0 Å². The molecule has 0 aromatic heterocycles. The number of aliphatic carboxylic acids is 1. The minimum Gasteiger partial charge on any atom is -0.489 e. The molecule has 3 aromatic rings. The Hall–Kier alpha value is -3.60. The third-order valence-corrected chi connectivity index (χ3v) is 3.77. The summed E-state index contributed by atoms with van der Waals surface area (Å²) in [5.74, 6) is -0.270. The predicted octanol–water partition coefficient (Wildman–Crippen LogP) is 4.37. The molecule has 0 amide bonds. The monoisotopic (exact) mass is 361 g/mol. The van der Waals surface area contributed by atoms with Gasteiger partial charge in [-0.1, -0.05) is 65.8 Å². The second kappa shape index (κ2) is 9.20. The standard InChI is InChI=1S/C22H19NO4/c24-22(25)16-27-23-14-18-8-4-9-19(12-18)20-10-5-11-21(13-20)26-15-17-6-2-1-3-7-17/h1-14H,15-16H2,(H,24,25)/b23-14-. The highest BCUT2D eigenvalue weighted by molar-refractivity contribution is 5.82. The van der Waals surface area contributed by atoms with Gasteiger partial charge in [-0.05, 0) is 40.5 Å². The third-order valence-electron chi connectivity index (χ3n) is 3.77. The number of carboxylic acid groups (broad SMARTS) is 1. The molecule has 3 aromatic carbocycles. The Morgan fingerprint density at radius 3 is 2.44 bits per heavy atom. The zero-order valence-corrected chi connectivity index (χ0v) is 14.6. The summed E-state index contributed by atoms with van der Waals surface area (Å²) in [4.78, 5) is 15.1. The van der Waals surface area contributed by atoms with E-state index in [1.807, 2.05) is 78.9 Å². The number of benzene rings is 3. The highest BCUT2D eigenvalue weighted by atomic mass is 16.6. The van der Waals surface area contributed by atoms with Crippen LogP contribution in [-0.2, 0) is 16.2 Å². The molecule has 0 aliphatic heterocycles. The molecule has 0 radical (unpaired) electrons. The first kappa shape index (κ1) is 18.2. The van der Waals surface area contributed by atoms with Crippen LogP contribution in [-0.4, -0.2) is 23.9 Å². The average molecular weight is 361 g/mol. The fourth-order valence-corrected chi connectivity index (χ4v) is 2.50. The number of hydrogen-bond acceptors (Lipinski definition) is 4. The third kappa shape index (κ3) is 5.71. The lowest BCUT2D eigenvalue weighted by molar-refractivity contribution is -0.142. The Kier molecular flexibility index (Phi) is 6.20. The molecule has 0 aliphatic carbocycles. The maximum atomic E-state index is 10.4. The van der Waals surface area contributed by atoms with Gasteiger partial charge in [0.2, 0.25) is 6.61 Å². The smallest absolute Gasteiger partial charge is 0.344 e. The molecule has 0 aliphatic rings. The van der Waals surface area contributed by atoms with Gasteiger partial charge in [0.25, 0.3) is 0 Å². The molecule has 3 rings (SSSR count). The summed E-state index contributed by atoms with van der Waals surface area (Å²) in [5.41, 5.74) is 3.94. The maximum absolute atomic E-state index is 10.4.